The second-order valence-electron chi connectivity index (χ2n) is 3.20. The molecule has 0 atom stereocenters. The standard InChI is InChI=1S/C10H11N3O3S/c1-15-7-4-3-6(5-8(7)16-2)13-9(14)11-12-10(13)17/h3-5H,1-2H3,(H,11,14)(H,12,17). The third-order valence-corrected chi connectivity index (χ3v) is 2.58. The first-order valence-corrected chi connectivity index (χ1v) is 5.21. The van der Waals surface area contributed by atoms with Crippen LogP contribution in [-0.2, 0) is 0 Å². The summed E-state index contributed by atoms with van der Waals surface area (Å²) in [6.07, 6.45) is 0. The predicted octanol–water partition coefficient (Wildman–Crippen LogP) is 0.866. The monoisotopic (exact) mass is 253 g/mol. The molecule has 0 radical (unpaired) electrons. The maximum absolute atomic E-state index is 11.5. The van der Waals surface area contributed by atoms with Crippen molar-refractivity contribution in [3.63, 3.8) is 0 Å². The van der Waals surface area contributed by atoms with Gasteiger partial charge in [0.1, 0.15) is 0 Å². The van der Waals surface area contributed by atoms with Crippen molar-refractivity contribution in [1.82, 2.24) is 14.8 Å². The molecule has 0 aliphatic heterocycles. The van der Waals surface area contributed by atoms with Crippen molar-refractivity contribution >= 4 is 12.6 Å². The SMILES string of the molecule is COc1ccc(-n2c(S)n[nH]c2=O)cc1OC. The van der Waals surface area contributed by atoms with Crippen molar-refractivity contribution in [3.8, 4) is 17.2 Å². The lowest BCUT2D eigenvalue weighted by molar-refractivity contribution is 0.355. The van der Waals surface area contributed by atoms with Crippen molar-refractivity contribution in [2.24, 2.45) is 0 Å². The fourth-order valence-corrected chi connectivity index (χ4v) is 1.74. The normalized spacial score (nSPS) is 10.3. The van der Waals surface area contributed by atoms with E-state index in [-0.39, 0.29) is 10.8 Å². The average molecular weight is 253 g/mol. The molecule has 0 aliphatic rings. The molecule has 0 fully saturated rings. The second kappa shape index (κ2) is 4.54. The molecule has 1 heterocycles. The lowest BCUT2D eigenvalue weighted by atomic mass is 10.2. The summed E-state index contributed by atoms with van der Waals surface area (Å²) < 4.78 is 11.6. The van der Waals surface area contributed by atoms with Crippen molar-refractivity contribution in [3.05, 3.63) is 28.7 Å². The molecule has 7 heteroatoms. The van der Waals surface area contributed by atoms with Gasteiger partial charge in [-0.05, 0) is 12.1 Å². The molecule has 17 heavy (non-hydrogen) atoms. The maximum atomic E-state index is 11.5. The number of H-pyrrole nitrogens is 1. The van der Waals surface area contributed by atoms with Gasteiger partial charge in [-0.15, -0.1) is 17.7 Å². The Kier molecular flexibility index (Phi) is 3.10. The first-order valence-electron chi connectivity index (χ1n) is 4.76. The van der Waals surface area contributed by atoms with Crippen molar-refractivity contribution in [2.75, 3.05) is 14.2 Å². The van der Waals surface area contributed by atoms with E-state index >= 15 is 0 Å². The summed E-state index contributed by atoms with van der Waals surface area (Å²) in [6, 6.07) is 5.11. The van der Waals surface area contributed by atoms with Gasteiger partial charge in [0, 0.05) is 6.07 Å². The van der Waals surface area contributed by atoms with Gasteiger partial charge in [-0.2, -0.15) is 0 Å². The van der Waals surface area contributed by atoms with Crippen molar-refractivity contribution in [1.29, 1.82) is 0 Å². The van der Waals surface area contributed by atoms with Crippen LogP contribution in [0.1, 0.15) is 0 Å². The van der Waals surface area contributed by atoms with Crippen LogP contribution in [-0.4, -0.2) is 29.0 Å². The lowest BCUT2D eigenvalue weighted by Gasteiger charge is -2.09. The van der Waals surface area contributed by atoms with Crippen LogP contribution in [0.3, 0.4) is 0 Å². The molecule has 0 spiro atoms. The first-order chi connectivity index (χ1) is 8.17. The molecule has 1 aromatic heterocycles. The highest BCUT2D eigenvalue weighted by Crippen LogP contribution is 2.29. The molecule has 2 aromatic rings. The molecular weight excluding hydrogens is 242 g/mol. The van der Waals surface area contributed by atoms with Gasteiger partial charge in [0.2, 0.25) is 0 Å². The van der Waals surface area contributed by atoms with Crippen LogP contribution in [0.5, 0.6) is 11.5 Å². The van der Waals surface area contributed by atoms with Crippen LogP contribution in [0.25, 0.3) is 5.69 Å². The fraction of sp³-hybridized carbons (Fsp3) is 0.200. The van der Waals surface area contributed by atoms with Crippen LogP contribution >= 0.6 is 12.6 Å². The van der Waals surface area contributed by atoms with E-state index in [2.05, 4.69) is 22.8 Å². The summed E-state index contributed by atoms with van der Waals surface area (Å²) in [7, 11) is 3.08. The number of aromatic amines is 1. The number of methoxy groups -OCH3 is 2. The van der Waals surface area contributed by atoms with Crippen LogP contribution in [0, 0.1) is 0 Å². The van der Waals surface area contributed by atoms with E-state index in [0.29, 0.717) is 17.2 Å². The Labute approximate surface area is 103 Å². The van der Waals surface area contributed by atoms with Crippen LogP contribution in [0.4, 0.5) is 0 Å². The van der Waals surface area contributed by atoms with E-state index in [0.717, 1.165) is 0 Å². The second-order valence-corrected chi connectivity index (χ2v) is 3.60. The Morgan fingerprint density at radius 3 is 2.53 bits per heavy atom. The number of nitrogens with zero attached hydrogens (tertiary/aromatic N) is 2. The minimum Gasteiger partial charge on any atom is -0.493 e. The third-order valence-electron chi connectivity index (χ3n) is 2.28. The lowest BCUT2D eigenvalue weighted by Crippen LogP contribution is -2.15. The molecule has 0 saturated carbocycles. The van der Waals surface area contributed by atoms with Crippen LogP contribution < -0.4 is 15.2 Å². The minimum absolute atomic E-state index is 0.280. The number of hydrogen-bond donors (Lipinski definition) is 2. The Morgan fingerprint density at radius 1 is 1.29 bits per heavy atom. The van der Waals surface area contributed by atoms with Crippen LogP contribution in [0.2, 0.25) is 0 Å². The fourth-order valence-electron chi connectivity index (χ4n) is 1.49. The number of hydrogen-bond acceptors (Lipinski definition) is 5. The molecule has 0 saturated heterocycles. The molecule has 0 amide bonds. The molecule has 2 rings (SSSR count). The highest BCUT2D eigenvalue weighted by Gasteiger charge is 2.10. The van der Waals surface area contributed by atoms with Crippen LogP contribution in [0.15, 0.2) is 28.2 Å². The quantitative estimate of drug-likeness (QED) is 0.796. The minimum atomic E-state index is -0.359. The summed E-state index contributed by atoms with van der Waals surface area (Å²) in [6.45, 7) is 0. The van der Waals surface area contributed by atoms with E-state index in [1.807, 2.05) is 0 Å². The third kappa shape index (κ3) is 2.01. The number of aromatic nitrogens is 3. The number of rotatable bonds is 3. The van der Waals surface area contributed by atoms with Gasteiger partial charge in [0.15, 0.2) is 16.7 Å². The van der Waals surface area contributed by atoms with Crippen molar-refractivity contribution in [2.45, 2.75) is 5.16 Å². The number of nitrogens with one attached hydrogen (secondary N) is 1. The summed E-state index contributed by atoms with van der Waals surface area (Å²) in [5.41, 5.74) is 0.244. The van der Waals surface area contributed by atoms with Gasteiger partial charge in [-0.3, -0.25) is 0 Å². The maximum Gasteiger partial charge on any atom is 0.348 e. The molecule has 1 aromatic carbocycles. The van der Waals surface area contributed by atoms with E-state index < -0.39 is 0 Å². The Balaban J connectivity index is 2.58. The van der Waals surface area contributed by atoms with Crippen molar-refractivity contribution < 1.29 is 9.47 Å². The smallest absolute Gasteiger partial charge is 0.348 e. The largest absolute Gasteiger partial charge is 0.493 e. The highest BCUT2D eigenvalue weighted by molar-refractivity contribution is 7.80. The van der Waals surface area contributed by atoms with E-state index in [1.165, 1.54) is 11.7 Å². The molecule has 0 unspecified atom stereocenters. The first kappa shape index (κ1) is 11.6. The van der Waals surface area contributed by atoms with E-state index in [1.54, 1.807) is 25.3 Å². The predicted molar refractivity (Wildman–Crippen MR) is 64.5 cm³/mol. The summed E-state index contributed by atoms with van der Waals surface area (Å²) in [4.78, 5) is 11.5. The zero-order valence-electron chi connectivity index (χ0n) is 9.30. The molecule has 6 nitrogen and oxygen atoms in total. The van der Waals surface area contributed by atoms with Gasteiger partial charge in [-0.25, -0.2) is 14.5 Å². The van der Waals surface area contributed by atoms with E-state index in [4.69, 9.17) is 9.47 Å². The molecule has 0 bridgehead atoms. The van der Waals surface area contributed by atoms with E-state index in [9.17, 15) is 4.79 Å². The average Bonchev–Trinajstić information content (AvgIpc) is 2.68. The number of benzene rings is 1. The molecule has 1 N–H and O–H groups in total. The zero-order chi connectivity index (χ0) is 12.4. The molecular formula is C10H11N3O3S. The molecule has 90 valence electrons. The van der Waals surface area contributed by atoms with Gasteiger partial charge in [0.25, 0.3) is 0 Å². The number of ether oxygens (including phenoxy) is 2. The summed E-state index contributed by atoms with van der Waals surface area (Å²) in [5.74, 6) is 1.12. The zero-order valence-corrected chi connectivity index (χ0v) is 10.2. The molecule has 0 aliphatic carbocycles. The topological polar surface area (TPSA) is 69.1 Å². The summed E-state index contributed by atoms with van der Waals surface area (Å²) in [5, 5.41) is 6.30. The van der Waals surface area contributed by atoms with Gasteiger partial charge < -0.3 is 9.47 Å². The van der Waals surface area contributed by atoms with Gasteiger partial charge in [-0.1, -0.05) is 0 Å². The summed E-state index contributed by atoms with van der Waals surface area (Å²) >= 11 is 4.09. The van der Waals surface area contributed by atoms with Gasteiger partial charge in [0.05, 0.1) is 19.9 Å². The Hall–Kier alpha value is -1.89. The number of thiol groups is 1. The Bertz CT molecular complexity index is 591. The van der Waals surface area contributed by atoms with Gasteiger partial charge >= 0.3 is 5.69 Å². The highest BCUT2D eigenvalue weighted by atomic mass is 32.1. The Morgan fingerprint density at radius 2 is 2.00 bits per heavy atom.